The molecule has 0 heterocycles. The van der Waals surface area contributed by atoms with Crippen LogP contribution in [0.1, 0.15) is 16.8 Å². The van der Waals surface area contributed by atoms with Crippen LogP contribution in [0.2, 0.25) is 5.02 Å². The quantitative estimate of drug-likeness (QED) is 0.444. The molecule has 0 aliphatic carbocycles. The Balaban J connectivity index is 2.16. The third kappa shape index (κ3) is 4.66. The standard InChI is InChI=1S/C16H13ClF3NO2S/c17-11-3-2-9(6-14(11)24-5-1-4-22)16(23)21-10-7-12(18)15(20)13(19)8-10/h2-3,6-8,22H,1,4-5H2,(H,21,23). The van der Waals surface area contributed by atoms with Crippen LogP contribution < -0.4 is 5.32 Å². The highest BCUT2D eigenvalue weighted by Gasteiger charge is 2.14. The molecule has 3 nitrogen and oxygen atoms in total. The van der Waals surface area contributed by atoms with Crippen molar-refractivity contribution in [2.45, 2.75) is 11.3 Å². The molecule has 24 heavy (non-hydrogen) atoms. The Labute approximate surface area is 145 Å². The Morgan fingerprint density at radius 2 is 1.83 bits per heavy atom. The van der Waals surface area contributed by atoms with Gasteiger partial charge in [0.2, 0.25) is 0 Å². The predicted molar refractivity (Wildman–Crippen MR) is 88.1 cm³/mol. The van der Waals surface area contributed by atoms with Gasteiger partial charge in [0.1, 0.15) is 0 Å². The zero-order chi connectivity index (χ0) is 17.7. The summed E-state index contributed by atoms with van der Waals surface area (Å²) >= 11 is 7.42. The Hall–Kier alpha value is -1.70. The molecule has 2 aromatic carbocycles. The van der Waals surface area contributed by atoms with E-state index in [1.165, 1.54) is 30.0 Å². The van der Waals surface area contributed by atoms with Crippen LogP contribution in [-0.4, -0.2) is 23.4 Å². The number of carbonyl (C=O) groups is 1. The van der Waals surface area contributed by atoms with Crippen LogP contribution >= 0.6 is 23.4 Å². The van der Waals surface area contributed by atoms with Gasteiger partial charge in [-0.15, -0.1) is 11.8 Å². The van der Waals surface area contributed by atoms with Crippen molar-refractivity contribution in [1.82, 2.24) is 0 Å². The van der Waals surface area contributed by atoms with E-state index in [0.29, 0.717) is 34.2 Å². The molecule has 0 saturated heterocycles. The number of aliphatic hydroxyl groups is 1. The molecule has 128 valence electrons. The summed E-state index contributed by atoms with van der Waals surface area (Å²) < 4.78 is 39.3. The first kappa shape index (κ1) is 18.6. The van der Waals surface area contributed by atoms with E-state index in [9.17, 15) is 18.0 Å². The molecular formula is C16H13ClF3NO2S. The van der Waals surface area contributed by atoms with Crippen molar-refractivity contribution in [1.29, 1.82) is 0 Å². The van der Waals surface area contributed by atoms with Gasteiger partial charge in [0, 0.05) is 40.6 Å². The summed E-state index contributed by atoms with van der Waals surface area (Å²) in [5.41, 5.74) is 0.0388. The Kier molecular flexibility index (Phi) is 6.53. The second-order valence-electron chi connectivity index (χ2n) is 4.78. The van der Waals surface area contributed by atoms with Crippen LogP contribution in [0.5, 0.6) is 0 Å². The normalized spacial score (nSPS) is 10.7. The third-order valence-corrected chi connectivity index (χ3v) is 4.58. The van der Waals surface area contributed by atoms with Crippen molar-refractivity contribution in [3.05, 3.63) is 58.4 Å². The monoisotopic (exact) mass is 375 g/mol. The van der Waals surface area contributed by atoms with Crippen molar-refractivity contribution in [2.75, 3.05) is 17.7 Å². The summed E-state index contributed by atoms with van der Waals surface area (Å²) in [6, 6.07) is 5.93. The Bertz CT molecular complexity index is 735. The van der Waals surface area contributed by atoms with Crippen LogP contribution in [0, 0.1) is 17.5 Å². The number of benzene rings is 2. The molecule has 2 N–H and O–H groups in total. The van der Waals surface area contributed by atoms with Gasteiger partial charge in [-0.25, -0.2) is 13.2 Å². The van der Waals surface area contributed by atoms with E-state index < -0.39 is 23.4 Å². The topological polar surface area (TPSA) is 49.3 Å². The third-order valence-electron chi connectivity index (χ3n) is 3.00. The van der Waals surface area contributed by atoms with Gasteiger partial charge >= 0.3 is 0 Å². The SMILES string of the molecule is O=C(Nc1cc(F)c(F)c(F)c1)c1ccc(Cl)c(SCCCO)c1. The van der Waals surface area contributed by atoms with Crippen LogP contribution in [0.25, 0.3) is 0 Å². The average molecular weight is 376 g/mol. The number of nitrogens with one attached hydrogen (secondary N) is 1. The molecule has 0 atom stereocenters. The molecule has 0 aliphatic rings. The second-order valence-corrected chi connectivity index (χ2v) is 6.32. The van der Waals surface area contributed by atoms with Crippen molar-refractivity contribution >= 4 is 35.0 Å². The Morgan fingerprint density at radius 1 is 1.17 bits per heavy atom. The minimum absolute atomic E-state index is 0.0481. The Morgan fingerprint density at radius 3 is 2.46 bits per heavy atom. The summed E-state index contributed by atoms with van der Waals surface area (Å²) in [6.07, 6.45) is 0.575. The largest absolute Gasteiger partial charge is 0.396 e. The van der Waals surface area contributed by atoms with Gasteiger partial charge in [-0.2, -0.15) is 0 Å². The zero-order valence-electron chi connectivity index (χ0n) is 12.3. The lowest BCUT2D eigenvalue weighted by Crippen LogP contribution is -2.12. The van der Waals surface area contributed by atoms with Crippen molar-refractivity contribution in [2.24, 2.45) is 0 Å². The molecule has 0 radical (unpaired) electrons. The predicted octanol–water partition coefficient (Wildman–Crippen LogP) is 4.48. The summed E-state index contributed by atoms with van der Waals surface area (Å²) in [4.78, 5) is 12.8. The number of hydrogen-bond donors (Lipinski definition) is 2. The molecule has 0 fully saturated rings. The van der Waals surface area contributed by atoms with E-state index in [0.717, 1.165) is 0 Å². The van der Waals surface area contributed by atoms with Crippen LogP contribution in [-0.2, 0) is 0 Å². The lowest BCUT2D eigenvalue weighted by molar-refractivity contribution is 0.102. The van der Waals surface area contributed by atoms with Crippen LogP contribution in [0.4, 0.5) is 18.9 Å². The minimum atomic E-state index is -1.60. The molecule has 0 aliphatic heterocycles. The van der Waals surface area contributed by atoms with E-state index in [1.807, 2.05) is 0 Å². The number of anilines is 1. The fourth-order valence-corrected chi connectivity index (χ4v) is 3.02. The van der Waals surface area contributed by atoms with Crippen LogP contribution in [0.3, 0.4) is 0 Å². The number of thioether (sulfide) groups is 1. The van der Waals surface area contributed by atoms with Gasteiger partial charge in [-0.05, 0) is 24.6 Å². The fraction of sp³-hybridized carbons (Fsp3) is 0.188. The van der Waals surface area contributed by atoms with Gasteiger partial charge in [0.15, 0.2) is 17.5 Å². The summed E-state index contributed by atoms with van der Waals surface area (Å²) in [5.74, 6) is -4.36. The van der Waals surface area contributed by atoms with E-state index in [2.05, 4.69) is 5.32 Å². The molecule has 0 aromatic heterocycles. The lowest BCUT2D eigenvalue weighted by atomic mass is 10.2. The van der Waals surface area contributed by atoms with Crippen LogP contribution in [0.15, 0.2) is 35.2 Å². The van der Waals surface area contributed by atoms with Crippen molar-refractivity contribution in [3.8, 4) is 0 Å². The number of carbonyl (C=O) groups excluding carboxylic acids is 1. The first-order valence-electron chi connectivity index (χ1n) is 6.91. The molecule has 0 saturated carbocycles. The highest BCUT2D eigenvalue weighted by molar-refractivity contribution is 7.99. The van der Waals surface area contributed by atoms with E-state index >= 15 is 0 Å². The number of amides is 1. The maximum atomic E-state index is 13.2. The highest BCUT2D eigenvalue weighted by Crippen LogP contribution is 2.29. The van der Waals surface area contributed by atoms with E-state index in [1.54, 1.807) is 0 Å². The summed E-state index contributed by atoms with van der Waals surface area (Å²) in [7, 11) is 0. The van der Waals surface area contributed by atoms with E-state index in [4.69, 9.17) is 16.7 Å². The second kappa shape index (κ2) is 8.41. The minimum Gasteiger partial charge on any atom is -0.396 e. The molecule has 2 rings (SSSR count). The lowest BCUT2D eigenvalue weighted by Gasteiger charge is -2.09. The maximum Gasteiger partial charge on any atom is 0.255 e. The fourth-order valence-electron chi connectivity index (χ4n) is 1.83. The number of halogens is 4. The van der Waals surface area contributed by atoms with Gasteiger partial charge in [0.25, 0.3) is 5.91 Å². The van der Waals surface area contributed by atoms with Crippen molar-refractivity contribution < 1.29 is 23.1 Å². The summed E-state index contributed by atoms with van der Waals surface area (Å²) in [6.45, 7) is 0.0481. The smallest absolute Gasteiger partial charge is 0.255 e. The molecular weight excluding hydrogens is 363 g/mol. The molecule has 1 amide bonds. The number of aliphatic hydroxyl groups excluding tert-OH is 1. The first-order valence-corrected chi connectivity index (χ1v) is 8.28. The average Bonchev–Trinajstić information content (AvgIpc) is 2.54. The number of hydrogen-bond acceptors (Lipinski definition) is 3. The number of rotatable bonds is 6. The maximum absolute atomic E-state index is 13.2. The first-order chi connectivity index (χ1) is 11.4. The van der Waals surface area contributed by atoms with Gasteiger partial charge in [0.05, 0.1) is 5.02 Å². The zero-order valence-corrected chi connectivity index (χ0v) is 13.9. The highest BCUT2D eigenvalue weighted by atomic mass is 35.5. The van der Waals surface area contributed by atoms with Gasteiger partial charge in [-0.1, -0.05) is 11.6 Å². The molecule has 0 bridgehead atoms. The van der Waals surface area contributed by atoms with E-state index in [-0.39, 0.29) is 17.9 Å². The molecule has 0 spiro atoms. The molecule has 2 aromatic rings. The van der Waals surface area contributed by atoms with Gasteiger partial charge < -0.3 is 10.4 Å². The molecule has 8 heteroatoms. The van der Waals surface area contributed by atoms with Crippen molar-refractivity contribution in [3.63, 3.8) is 0 Å². The molecule has 0 unspecified atom stereocenters. The summed E-state index contributed by atoms with van der Waals surface area (Å²) in [5, 5.41) is 11.5. The van der Waals surface area contributed by atoms with Gasteiger partial charge in [-0.3, -0.25) is 4.79 Å².